The average Bonchev–Trinajstić information content (AvgIpc) is 3.01. The third-order valence-electron chi connectivity index (χ3n) is 4.41. The highest BCUT2D eigenvalue weighted by atomic mass is 16.2. The first-order valence-corrected chi connectivity index (χ1v) is 7.66. The van der Waals surface area contributed by atoms with Gasteiger partial charge >= 0.3 is 5.69 Å². The molecule has 0 radical (unpaired) electrons. The molecule has 3 rings (SSSR count). The normalized spacial score (nSPS) is 17.4. The number of likely N-dealkylation sites (tertiary alicyclic amines) is 1. The second-order valence-corrected chi connectivity index (χ2v) is 5.70. The molecule has 1 aliphatic rings. The van der Waals surface area contributed by atoms with Gasteiger partial charge in [0.05, 0.1) is 10.9 Å². The summed E-state index contributed by atoms with van der Waals surface area (Å²) in [4.78, 5) is 29.9. The minimum atomic E-state index is -0.309. The van der Waals surface area contributed by atoms with Gasteiger partial charge < -0.3 is 4.98 Å². The van der Waals surface area contributed by atoms with Crippen molar-refractivity contribution in [2.75, 3.05) is 13.1 Å². The summed E-state index contributed by atoms with van der Waals surface area (Å²) >= 11 is 0. The number of aromatic nitrogens is 2. The van der Waals surface area contributed by atoms with Crippen molar-refractivity contribution in [1.29, 1.82) is 0 Å². The van der Waals surface area contributed by atoms with Crippen molar-refractivity contribution in [2.24, 2.45) is 0 Å². The van der Waals surface area contributed by atoms with E-state index in [-0.39, 0.29) is 17.3 Å². The summed E-state index contributed by atoms with van der Waals surface area (Å²) in [5, 5.41) is 0.577. The Labute approximate surface area is 123 Å². The molecule has 5 heteroatoms. The monoisotopic (exact) mass is 287 g/mol. The standard InChI is InChI=1S/C16H21N3O2/c1-2-12(18-9-5-6-10-18)11-19-15(20)13-7-3-4-8-14(13)17-16(19)21/h3-4,7-8,12H,2,5-6,9-11H2,1H3,(H,17,21)/t12-/m0/s1. The van der Waals surface area contributed by atoms with E-state index in [9.17, 15) is 9.59 Å². The Hall–Kier alpha value is -1.88. The Bertz CT molecular complexity index is 741. The zero-order chi connectivity index (χ0) is 14.8. The Morgan fingerprint density at radius 2 is 1.90 bits per heavy atom. The summed E-state index contributed by atoms with van der Waals surface area (Å²) in [6.07, 6.45) is 3.36. The Balaban J connectivity index is 1.99. The quantitative estimate of drug-likeness (QED) is 0.928. The van der Waals surface area contributed by atoms with Gasteiger partial charge in [-0.1, -0.05) is 19.1 Å². The van der Waals surface area contributed by atoms with Crippen molar-refractivity contribution in [1.82, 2.24) is 14.5 Å². The van der Waals surface area contributed by atoms with E-state index < -0.39 is 0 Å². The molecule has 1 fully saturated rings. The van der Waals surface area contributed by atoms with Gasteiger partial charge in [-0.2, -0.15) is 0 Å². The zero-order valence-electron chi connectivity index (χ0n) is 12.3. The summed E-state index contributed by atoms with van der Waals surface area (Å²) < 4.78 is 1.36. The molecule has 1 aromatic heterocycles. The molecule has 21 heavy (non-hydrogen) atoms. The maximum atomic E-state index is 12.5. The number of fused-ring (bicyclic) bond motifs is 1. The lowest BCUT2D eigenvalue weighted by atomic mass is 10.2. The molecule has 0 amide bonds. The van der Waals surface area contributed by atoms with E-state index in [4.69, 9.17) is 0 Å². The van der Waals surface area contributed by atoms with Crippen LogP contribution in [0.3, 0.4) is 0 Å². The fourth-order valence-corrected chi connectivity index (χ4v) is 3.19. The summed E-state index contributed by atoms with van der Waals surface area (Å²) in [7, 11) is 0. The molecule has 112 valence electrons. The third kappa shape index (κ3) is 2.65. The Morgan fingerprint density at radius 3 is 2.62 bits per heavy atom. The van der Waals surface area contributed by atoms with Gasteiger partial charge in [-0.15, -0.1) is 0 Å². The number of para-hydroxylation sites is 1. The van der Waals surface area contributed by atoms with Gasteiger partial charge in [0.25, 0.3) is 5.56 Å². The van der Waals surface area contributed by atoms with E-state index in [1.54, 1.807) is 12.1 Å². The summed E-state index contributed by atoms with van der Waals surface area (Å²) in [5.74, 6) is 0. The number of H-pyrrole nitrogens is 1. The first kappa shape index (κ1) is 14.1. The molecule has 0 saturated carbocycles. The van der Waals surface area contributed by atoms with E-state index in [0.717, 1.165) is 19.5 Å². The van der Waals surface area contributed by atoms with Crippen molar-refractivity contribution < 1.29 is 0 Å². The number of rotatable bonds is 4. The van der Waals surface area contributed by atoms with Crippen molar-refractivity contribution in [3.8, 4) is 0 Å². The van der Waals surface area contributed by atoms with Crippen molar-refractivity contribution in [3.63, 3.8) is 0 Å². The van der Waals surface area contributed by atoms with Crippen LogP contribution in [0.5, 0.6) is 0 Å². The van der Waals surface area contributed by atoms with E-state index >= 15 is 0 Å². The molecule has 1 saturated heterocycles. The van der Waals surface area contributed by atoms with Gasteiger partial charge in [-0.25, -0.2) is 4.79 Å². The Morgan fingerprint density at radius 1 is 1.19 bits per heavy atom. The molecule has 1 aromatic carbocycles. The van der Waals surface area contributed by atoms with Gasteiger partial charge in [0.1, 0.15) is 0 Å². The van der Waals surface area contributed by atoms with Crippen LogP contribution >= 0.6 is 0 Å². The lowest BCUT2D eigenvalue weighted by molar-refractivity contribution is 0.210. The topological polar surface area (TPSA) is 58.1 Å². The highest BCUT2D eigenvalue weighted by Gasteiger charge is 2.22. The number of nitrogens with zero attached hydrogens (tertiary/aromatic N) is 2. The van der Waals surface area contributed by atoms with Gasteiger partial charge in [0, 0.05) is 12.6 Å². The summed E-state index contributed by atoms with van der Waals surface area (Å²) in [5.41, 5.74) is 0.112. The van der Waals surface area contributed by atoms with Crippen molar-refractivity contribution in [3.05, 3.63) is 45.1 Å². The molecule has 2 aromatic rings. The van der Waals surface area contributed by atoms with E-state index in [0.29, 0.717) is 17.4 Å². The fourth-order valence-electron chi connectivity index (χ4n) is 3.19. The van der Waals surface area contributed by atoms with E-state index in [1.807, 2.05) is 12.1 Å². The molecular weight excluding hydrogens is 266 g/mol. The highest BCUT2D eigenvalue weighted by molar-refractivity contribution is 5.76. The SMILES string of the molecule is CC[C@@H](Cn1c(=O)[nH]c2ccccc2c1=O)N1CCCC1. The fraction of sp³-hybridized carbons (Fsp3) is 0.500. The van der Waals surface area contributed by atoms with Crippen LogP contribution in [0.4, 0.5) is 0 Å². The second kappa shape index (κ2) is 5.85. The zero-order valence-corrected chi connectivity index (χ0v) is 12.3. The molecule has 0 bridgehead atoms. The maximum Gasteiger partial charge on any atom is 0.328 e. The number of hydrogen-bond donors (Lipinski definition) is 1. The van der Waals surface area contributed by atoms with Crippen LogP contribution in [-0.4, -0.2) is 33.6 Å². The van der Waals surface area contributed by atoms with Crippen molar-refractivity contribution in [2.45, 2.75) is 38.8 Å². The molecule has 2 heterocycles. The lowest BCUT2D eigenvalue weighted by Gasteiger charge is -2.26. The highest BCUT2D eigenvalue weighted by Crippen LogP contribution is 2.15. The molecule has 1 N–H and O–H groups in total. The minimum Gasteiger partial charge on any atom is -0.307 e. The molecule has 1 aliphatic heterocycles. The van der Waals surface area contributed by atoms with Crippen LogP contribution in [0.15, 0.2) is 33.9 Å². The van der Waals surface area contributed by atoms with Gasteiger partial charge in [0.15, 0.2) is 0 Å². The molecule has 0 spiro atoms. The molecule has 1 atom stereocenters. The molecule has 0 unspecified atom stereocenters. The first-order chi connectivity index (χ1) is 10.2. The van der Waals surface area contributed by atoms with Crippen LogP contribution < -0.4 is 11.2 Å². The number of benzene rings is 1. The maximum absolute atomic E-state index is 12.5. The second-order valence-electron chi connectivity index (χ2n) is 5.70. The van der Waals surface area contributed by atoms with E-state index in [1.165, 1.54) is 17.4 Å². The van der Waals surface area contributed by atoms with Crippen LogP contribution in [0.25, 0.3) is 10.9 Å². The summed E-state index contributed by atoms with van der Waals surface area (Å²) in [6.45, 7) is 4.72. The largest absolute Gasteiger partial charge is 0.328 e. The predicted molar refractivity (Wildman–Crippen MR) is 83.7 cm³/mol. The predicted octanol–water partition coefficient (Wildman–Crippen LogP) is 1.56. The van der Waals surface area contributed by atoms with Crippen LogP contribution in [0.2, 0.25) is 0 Å². The molecule has 0 aliphatic carbocycles. The van der Waals surface area contributed by atoms with E-state index in [2.05, 4.69) is 16.8 Å². The lowest BCUT2D eigenvalue weighted by Crippen LogP contribution is -2.43. The summed E-state index contributed by atoms with van der Waals surface area (Å²) in [6, 6.07) is 7.43. The Kier molecular flexibility index (Phi) is 3.92. The van der Waals surface area contributed by atoms with Crippen LogP contribution in [0.1, 0.15) is 26.2 Å². The number of hydrogen-bond acceptors (Lipinski definition) is 3. The van der Waals surface area contributed by atoms with Crippen LogP contribution in [-0.2, 0) is 6.54 Å². The number of aromatic amines is 1. The van der Waals surface area contributed by atoms with Gasteiger partial charge in [-0.05, 0) is 44.5 Å². The van der Waals surface area contributed by atoms with Gasteiger partial charge in [-0.3, -0.25) is 14.3 Å². The van der Waals surface area contributed by atoms with Crippen LogP contribution in [0, 0.1) is 0 Å². The third-order valence-corrected chi connectivity index (χ3v) is 4.41. The average molecular weight is 287 g/mol. The minimum absolute atomic E-state index is 0.188. The molecule has 5 nitrogen and oxygen atoms in total. The smallest absolute Gasteiger partial charge is 0.307 e. The van der Waals surface area contributed by atoms with Gasteiger partial charge in [0.2, 0.25) is 0 Å². The first-order valence-electron chi connectivity index (χ1n) is 7.66. The van der Waals surface area contributed by atoms with Crippen molar-refractivity contribution >= 4 is 10.9 Å². The number of nitrogens with one attached hydrogen (secondary N) is 1. The molecular formula is C16H21N3O2.